The van der Waals surface area contributed by atoms with E-state index in [4.69, 9.17) is 5.73 Å². The van der Waals surface area contributed by atoms with Gasteiger partial charge in [-0.2, -0.15) is 5.10 Å². The number of amides is 1. The summed E-state index contributed by atoms with van der Waals surface area (Å²) in [6.07, 6.45) is 0. The summed E-state index contributed by atoms with van der Waals surface area (Å²) in [5.74, 6) is 1.00. The molecule has 0 unspecified atom stereocenters. The van der Waals surface area contributed by atoms with E-state index in [9.17, 15) is 4.79 Å². The lowest BCUT2D eigenvalue weighted by molar-refractivity contribution is -0.113. The van der Waals surface area contributed by atoms with Crippen LogP contribution in [0, 0.1) is 0 Å². The number of anilines is 2. The van der Waals surface area contributed by atoms with Gasteiger partial charge in [-0.05, 0) is 12.1 Å². The third-order valence-electron chi connectivity index (χ3n) is 2.81. The molecule has 5 nitrogen and oxygen atoms in total. The lowest BCUT2D eigenvalue weighted by Crippen LogP contribution is -2.18. The molecule has 2 heterocycles. The Labute approximate surface area is 108 Å². The Morgan fingerprint density at radius 3 is 3.00 bits per heavy atom. The van der Waals surface area contributed by atoms with Crippen LogP contribution >= 0.6 is 11.8 Å². The summed E-state index contributed by atoms with van der Waals surface area (Å²) in [4.78, 5) is 12.5. The average Bonchev–Trinajstić information content (AvgIpc) is 2.67. The third-order valence-corrected chi connectivity index (χ3v) is 3.88. The summed E-state index contributed by atoms with van der Waals surface area (Å²) in [5.41, 5.74) is 8.45. The molecule has 1 aromatic heterocycles. The zero-order chi connectivity index (χ0) is 12.7. The molecule has 0 aliphatic carbocycles. The third kappa shape index (κ3) is 1.84. The van der Waals surface area contributed by atoms with Crippen LogP contribution < -0.4 is 11.1 Å². The number of carbonyl (C=O) groups is 1. The van der Waals surface area contributed by atoms with Crippen molar-refractivity contribution in [2.75, 3.05) is 16.8 Å². The fourth-order valence-electron chi connectivity index (χ4n) is 2.00. The normalized spacial score (nSPS) is 14.2. The predicted molar refractivity (Wildman–Crippen MR) is 72.4 cm³/mol. The van der Waals surface area contributed by atoms with Crippen LogP contribution in [-0.2, 0) is 11.8 Å². The Hall–Kier alpha value is -1.95. The second-order valence-electron chi connectivity index (χ2n) is 4.13. The minimum Gasteiger partial charge on any atom is -0.382 e. The maximum absolute atomic E-state index is 11.4. The van der Waals surface area contributed by atoms with Gasteiger partial charge in [-0.1, -0.05) is 6.07 Å². The maximum atomic E-state index is 11.4. The maximum Gasteiger partial charge on any atom is 0.234 e. The number of nitrogens with one attached hydrogen (secondary N) is 1. The smallest absolute Gasteiger partial charge is 0.234 e. The zero-order valence-electron chi connectivity index (χ0n) is 9.80. The van der Waals surface area contributed by atoms with E-state index in [2.05, 4.69) is 10.4 Å². The lowest BCUT2D eigenvalue weighted by Gasteiger charge is -2.17. The molecule has 6 heteroatoms. The van der Waals surface area contributed by atoms with Crippen molar-refractivity contribution in [2.45, 2.75) is 4.90 Å². The minimum atomic E-state index is 0.0363. The first-order valence-corrected chi connectivity index (χ1v) is 6.48. The molecule has 2 aromatic rings. The highest BCUT2D eigenvalue weighted by Crippen LogP contribution is 2.34. The van der Waals surface area contributed by atoms with Crippen molar-refractivity contribution in [3.05, 3.63) is 24.3 Å². The molecule has 92 valence electrons. The van der Waals surface area contributed by atoms with Gasteiger partial charge in [0.05, 0.1) is 17.1 Å². The van der Waals surface area contributed by atoms with Gasteiger partial charge in [0.25, 0.3) is 0 Å². The number of thioether (sulfide) groups is 1. The van der Waals surface area contributed by atoms with Gasteiger partial charge in [-0.15, -0.1) is 11.8 Å². The highest BCUT2D eigenvalue weighted by Gasteiger charge is 2.16. The van der Waals surface area contributed by atoms with Gasteiger partial charge in [0.1, 0.15) is 5.82 Å². The topological polar surface area (TPSA) is 72.9 Å². The molecule has 1 amide bonds. The van der Waals surface area contributed by atoms with Crippen molar-refractivity contribution in [1.29, 1.82) is 0 Å². The number of benzene rings is 1. The molecular formula is C12H12N4OS. The lowest BCUT2D eigenvalue weighted by atomic mass is 10.1. The monoisotopic (exact) mass is 260 g/mol. The number of hydrogen-bond donors (Lipinski definition) is 2. The predicted octanol–water partition coefficient (Wildman–Crippen LogP) is 1.71. The van der Waals surface area contributed by atoms with Crippen LogP contribution in [0.1, 0.15) is 0 Å². The molecule has 3 rings (SSSR count). The first-order valence-electron chi connectivity index (χ1n) is 5.50. The molecule has 18 heavy (non-hydrogen) atoms. The Balaban J connectivity index is 2.07. The summed E-state index contributed by atoms with van der Waals surface area (Å²) in [5, 5.41) is 6.99. The number of aryl methyl sites for hydroxylation is 1. The zero-order valence-corrected chi connectivity index (χ0v) is 10.6. The molecule has 3 N–H and O–H groups in total. The largest absolute Gasteiger partial charge is 0.382 e. The molecule has 0 fully saturated rings. The Bertz CT molecular complexity index is 635. The van der Waals surface area contributed by atoms with Crippen LogP contribution in [0.2, 0.25) is 0 Å². The Kier molecular flexibility index (Phi) is 2.52. The fourth-order valence-corrected chi connectivity index (χ4v) is 2.79. The molecule has 0 radical (unpaired) electrons. The average molecular weight is 260 g/mol. The highest BCUT2D eigenvalue weighted by atomic mass is 32.2. The van der Waals surface area contributed by atoms with Crippen molar-refractivity contribution in [3.8, 4) is 11.3 Å². The van der Waals surface area contributed by atoms with Gasteiger partial charge in [0.2, 0.25) is 5.91 Å². The molecule has 0 spiro atoms. The van der Waals surface area contributed by atoms with Crippen LogP contribution in [0.5, 0.6) is 0 Å². The first-order chi connectivity index (χ1) is 8.63. The molecule has 1 aliphatic heterocycles. The van der Waals surface area contributed by atoms with E-state index in [0.29, 0.717) is 11.6 Å². The van der Waals surface area contributed by atoms with E-state index in [0.717, 1.165) is 21.8 Å². The number of aromatic nitrogens is 2. The van der Waals surface area contributed by atoms with E-state index in [-0.39, 0.29) is 5.91 Å². The molecule has 0 saturated heterocycles. The number of rotatable bonds is 1. The van der Waals surface area contributed by atoms with E-state index >= 15 is 0 Å². The van der Waals surface area contributed by atoms with E-state index < -0.39 is 0 Å². The van der Waals surface area contributed by atoms with Gasteiger partial charge < -0.3 is 11.1 Å². The second kappa shape index (κ2) is 4.06. The summed E-state index contributed by atoms with van der Waals surface area (Å²) in [7, 11) is 1.85. The summed E-state index contributed by atoms with van der Waals surface area (Å²) >= 11 is 1.55. The molecule has 0 bridgehead atoms. The van der Waals surface area contributed by atoms with Crippen molar-refractivity contribution >= 4 is 29.2 Å². The second-order valence-corrected chi connectivity index (χ2v) is 5.14. The van der Waals surface area contributed by atoms with Gasteiger partial charge in [-0.3, -0.25) is 9.48 Å². The standard InChI is InChI=1S/C12H12N4OS/c1-16-9(5-11(13)15-16)7-2-3-10-8(4-7)14-12(17)6-18-10/h2-5H,6H2,1H3,(H2,13,15)(H,14,17). The van der Waals surface area contributed by atoms with Crippen LogP contribution in [0.15, 0.2) is 29.2 Å². The summed E-state index contributed by atoms with van der Waals surface area (Å²) in [6.45, 7) is 0. The van der Waals surface area contributed by atoms with Gasteiger partial charge in [0, 0.05) is 23.6 Å². The van der Waals surface area contributed by atoms with Crippen molar-refractivity contribution in [3.63, 3.8) is 0 Å². The highest BCUT2D eigenvalue weighted by molar-refractivity contribution is 8.00. The quantitative estimate of drug-likeness (QED) is 0.818. The fraction of sp³-hybridized carbons (Fsp3) is 0.167. The van der Waals surface area contributed by atoms with Crippen molar-refractivity contribution in [1.82, 2.24) is 9.78 Å². The molecule has 1 aromatic carbocycles. The van der Waals surface area contributed by atoms with Crippen LogP contribution in [0.3, 0.4) is 0 Å². The van der Waals surface area contributed by atoms with Crippen molar-refractivity contribution in [2.24, 2.45) is 7.05 Å². The van der Waals surface area contributed by atoms with E-state index in [1.165, 1.54) is 0 Å². The number of hydrogen-bond acceptors (Lipinski definition) is 4. The van der Waals surface area contributed by atoms with E-state index in [1.54, 1.807) is 16.4 Å². The van der Waals surface area contributed by atoms with Gasteiger partial charge >= 0.3 is 0 Å². The minimum absolute atomic E-state index is 0.0363. The molecule has 0 saturated carbocycles. The van der Waals surface area contributed by atoms with Crippen LogP contribution in [0.25, 0.3) is 11.3 Å². The number of fused-ring (bicyclic) bond motifs is 1. The van der Waals surface area contributed by atoms with Gasteiger partial charge in [0.15, 0.2) is 0 Å². The molecule has 0 atom stereocenters. The van der Waals surface area contributed by atoms with E-state index in [1.807, 2.05) is 31.3 Å². The number of nitrogens with zero attached hydrogens (tertiary/aromatic N) is 2. The van der Waals surface area contributed by atoms with Crippen molar-refractivity contribution < 1.29 is 4.79 Å². The van der Waals surface area contributed by atoms with Crippen LogP contribution in [-0.4, -0.2) is 21.4 Å². The number of carbonyl (C=O) groups excluding carboxylic acids is 1. The number of nitrogen functional groups attached to an aromatic ring is 1. The molecule has 1 aliphatic rings. The molecular weight excluding hydrogens is 248 g/mol. The SMILES string of the molecule is Cn1nc(N)cc1-c1ccc2c(c1)NC(=O)CS2. The Morgan fingerprint density at radius 2 is 2.28 bits per heavy atom. The Morgan fingerprint density at radius 1 is 1.44 bits per heavy atom. The number of nitrogens with two attached hydrogens (primary N) is 1. The summed E-state index contributed by atoms with van der Waals surface area (Å²) in [6, 6.07) is 7.80. The van der Waals surface area contributed by atoms with Gasteiger partial charge in [-0.25, -0.2) is 0 Å². The first kappa shape index (κ1) is 11.2. The van der Waals surface area contributed by atoms with Crippen LogP contribution in [0.4, 0.5) is 11.5 Å². The summed E-state index contributed by atoms with van der Waals surface area (Å²) < 4.78 is 1.73.